The van der Waals surface area contributed by atoms with E-state index in [2.05, 4.69) is 5.32 Å². The van der Waals surface area contributed by atoms with E-state index in [1.807, 2.05) is 13.8 Å². The lowest BCUT2D eigenvalue weighted by Crippen LogP contribution is -2.51. The van der Waals surface area contributed by atoms with Gasteiger partial charge in [-0.2, -0.15) is 4.31 Å². The van der Waals surface area contributed by atoms with E-state index in [1.165, 1.54) is 34.6 Å². The number of rotatable bonds is 13. The summed E-state index contributed by atoms with van der Waals surface area (Å²) in [6.07, 6.45) is -2.21. The molecule has 0 saturated carbocycles. The fourth-order valence-electron chi connectivity index (χ4n) is 5.97. The SMILES string of the molecule is CC(C)CN(C[C@@H](O)[C@H](Cc1ccc(Oc2cccc(F)c2)cc1)NC(=O)O[C@H]1CO[C@H]2OCC[C@H]21)S(=O)(=O)c1ccc2c(c1)OCO2. The average molecular weight is 687 g/mol. The summed E-state index contributed by atoms with van der Waals surface area (Å²) in [6, 6.07) is 16.1. The highest BCUT2D eigenvalue weighted by atomic mass is 32.2. The Morgan fingerprint density at radius 1 is 1.02 bits per heavy atom. The van der Waals surface area contributed by atoms with Crippen molar-refractivity contribution in [1.82, 2.24) is 9.62 Å². The third-order valence-corrected chi connectivity index (χ3v) is 10.2. The van der Waals surface area contributed by atoms with Crippen molar-refractivity contribution in [1.29, 1.82) is 0 Å². The van der Waals surface area contributed by atoms with Crippen LogP contribution in [0.1, 0.15) is 25.8 Å². The highest BCUT2D eigenvalue weighted by Crippen LogP contribution is 2.35. The van der Waals surface area contributed by atoms with Crippen LogP contribution in [0.5, 0.6) is 23.0 Å². The van der Waals surface area contributed by atoms with Gasteiger partial charge in [0.25, 0.3) is 0 Å². The van der Waals surface area contributed by atoms with Gasteiger partial charge < -0.3 is 38.8 Å². The number of fused-ring (bicyclic) bond motifs is 2. The molecular formula is C34H39FN2O10S. The smallest absolute Gasteiger partial charge is 0.407 e. The van der Waals surface area contributed by atoms with Gasteiger partial charge in [-0.25, -0.2) is 17.6 Å². The molecule has 0 spiro atoms. The van der Waals surface area contributed by atoms with Crippen LogP contribution < -0.4 is 19.5 Å². The molecule has 2 fully saturated rings. The Bertz CT molecular complexity index is 1690. The molecule has 3 aliphatic heterocycles. The van der Waals surface area contributed by atoms with Crippen LogP contribution in [0.3, 0.4) is 0 Å². The average Bonchev–Trinajstić information content (AvgIpc) is 3.80. The Morgan fingerprint density at radius 2 is 1.81 bits per heavy atom. The molecular weight excluding hydrogens is 647 g/mol. The maximum Gasteiger partial charge on any atom is 0.407 e. The van der Waals surface area contributed by atoms with E-state index in [9.17, 15) is 22.7 Å². The van der Waals surface area contributed by atoms with Crippen molar-refractivity contribution in [3.63, 3.8) is 0 Å². The van der Waals surface area contributed by atoms with Gasteiger partial charge in [0.2, 0.25) is 16.8 Å². The number of benzene rings is 3. The molecule has 0 aromatic heterocycles. The van der Waals surface area contributed by atoms with Gasteiger partial charge in [-0.15, -0.1) is 0 Å². The molecule has 3 heterocycles. The molecule has 0 unspecified atom stereocenters. The van der Waals surface area contributed by atoms with Crippen molar-refractivity contribution >= 4 is 16.1 Å². The van der Waals surface area contributed by atoms with Gasteiger partial charge in [0, 0.05) is 25.2 Å². The molecule has 2 saturated heterocycles. The third kappa shape index (κ3) is 8.01. The largest absolute Gasteiger partial charge is 0.457 e. The van der Waals surface area contributed by atoms with Crippen molar-refractivity contribution in [3.05, 3.63) is 78.1 Å². The zero-order valence-electron chi connectivity index (χ0n) is 26.6. The number of nitrogens with one attached hydrogen (secondary N) is 1. The first-order chi connectivity index (χ1) is 23.0. The van der Waals surface area contributed by atoms with Crippen LogP contribution in [0.25, 0.3) is 0 Å². The number of ether oxygens (including phenoxy) is 6. The van der Waals surface area contributed by atoms with E-state index in [-0.39, 0.29) is 49.6 Å². The number of aliphatic hydroxyl groups is 1. The number of hydrogen-bond donors (Lipinski definition) is 2. The number of nitrogens with zero attached hydrogens (tertiary/aromatic N) is 1. The van der Waals surface area contributed by atoms with Crippen LogP contribution >= 0.6 is 0 Å². The summed E-state index contributed by atoms with van der Waals surface area (Å²) < 4.78 is 75.9. The molecule has 14 heteroatoms. The van der Waals surface area contributed by atoms with E-state index in [4.69, 9.17) is 28.4 Å². The van der Waals surface area contributed by atoms with Crippen LogP contribution in [-0.4, -0.2) is 81.6 Å². The van der Waals surface area contributed by atoms with Crippen LogP contribution in [0, 0.1) is 17.7 Å². The van der Waals surface area contributed by atoms with Crippen molar-refractivity contribution in [3.8, 4) is 23.0 Å². The van der Waals surface area contributed by atoms with E-state index >= 15 is 0 Å². The minimum absolute atomic E-state index is 0.00394. The second kappa shape index (κ2) is 14.7. The van der Waals surface area contributed by atoms with E-state index in [0.717, 1.165) is 0 Å². The summed E-state index contributed by atoms with van der Waals surface area (Å²) in [4.78, 5) is 13.2. The topological polar surface area (TPSA) is 142 Å². The van der Waals surface area contributed by atoms with Crippen molar-refractivity contribution in [2.24, 2.45) is 11.8 Å². The second-order valence-corrected chi connectivity index (χ2v) is 14.4. The molecule has 3 aromatic rings. The molecule has 2 N–H and O–H groups in total. The van der Waals surface area contributed by atoms with Gasteiger partial charge in [0.1, 0.15) is 23.4 Å². The summed E-state index contributed by atoms with van der Waals surface area (Å²) in [7, 11) is -4.09. The Balaban J connectivity index is 1.20. The summed E-state index contributed by atoms with van der Waals surface area (Å²) in [6.45, 7) is 4.25. The Kier molecular flexibility index (Phi) is 10.4. The van der Waals surface area contributed by atoms with Gasteiger partial charge in [-0.05, 0) is 60.7 Å². The summed E-state index contributed by atoms with van der Waals surface area (Å²) in [5, 5.41) is 14.4. The number of carbonyl (C=O) groups is 1. The molecule has 0 bridgehead atoms. The molecule has 48 heavy (non-hydrogen) atoms. The zero-order chi connectivity index (χ0) is 33.8. The standard InChI is InChI=1S/C34H39FN2O10S/c1-21(2)17-37(48(40,41)26-10-11-30-31(16-26)45-20-44-30)18-29(38)28(36-34(39)47-32-19-43-33-27(32)12-13-42-33)14-22-6-8-24(9-7-22)46-25-5-3-4-23(35)15-25/h3-11,15-16,21,27-29,32-33,38H,12-14,17-20H2,1-2H3,(H,36,39)/t27-,28-,29+,32-,33+/m0/s1. The normalized spacial score (nSPS) is 21.2. The summed E-state index contributed by atoms with van der Waals surface area (Å²) >= 11 is 0. The van der Waals surface area contributed by atoms with Crippen LogP contribution in [0.15, 0.2) is 71.6 Å². The predicted octanol–water partition coefficient (Wildman–Crippen LogP) is 4.45. The Hall–Kier alpha value is -3.95. The molecule has 5 atom stereocenters. The monoisotopic (exact) mass is 686 g/mol. The maximum atomic E-state index is 13.9. The summed E-state index contributed by atoms with van der Waals surface area (Å²) in [5.41, 5.74) is 0.716. The van der Waals surface area contributed by atoms with Crippen LogP contribution in [-0.2, 0) is 30.7 Å². The van der Waals surface area contributed by atoms with Gasteiger partial charge >= 0.3 is 6.09 Å². The molecule has 0 aliphatic carbocycles. The third-order valence-electron chi connectivity index (χ3n) is 8.36. The van der Waals surface area contributed by atoms with Crippen molar-refractivity contribution in [2.75, 3.05) is 33.1 Å². The van der Waals surface area contributed by atoms with E-state index in [0.29, 0.717) is 41.6 Å². The first-order valence-corrected chi connectivity index (χ1v) is 17.3. The van der Waals surface area contributed by atoms with Crippen LogP contribution in [0.2, 0.25) is 0 Å². The highest BCUT2D eigenvalue weighted by molar-refractivity contribution is 7.89. The highest BCUT2D eigenvalue weighted by Gasteiger charge is 2.44. The Morgan fingerprint density at radius 3 is 2.58 bits per heavy atom. The number of hydrogen-bond acceptors (Lipinski definition) is 10. The molecule has 3 aromatic carbocycles. The second-order valence-electron chi connectivity index (χ2n) is 12.4. The lowest BCUT2D eigenvalue weighted by atomic mass is 10.0. The maximum absolute atomic E-state index is 13.9. The zero-order valence-corrected chi connectivity index (χ0v) is 27.4. The molecule has 6 rings (SSSR count). The Labute approximate surface area is 278 Å². The minimum Gasteiger partial charge on any atom is -0.457 e. The number of halogens is 1. The van der Waals surface area contributed by atoms with Gasteiger partial charge in [-0.3, -0.25) is 0 Å². The van der Waals surface area contributed by atoms with Gasteiger partial charge in [0.05, 0.1) is 36.2 Å². The lowest BCUT2D eigenvalue weighted by molar-refractivity contribution is -0.0907. The van der Waals surface area contributed by atoms with Crippen molar-refractivity contribution < 1.29 is 51.1 Å². The number of amides is 1. The lowest BCUT2D eigenvalue weighted by Gasteiger charge is -2.31. The fourth-order valence-corrected chi connectivity index (χ4v) is 7.61. The first kappa shape index (κ1) is 33.9. The first-order valence-electron chi connectivity index (χ1n) is 15.9. The number of sulfonamides is 1. The summed E-state index contributed by atoms with van der Waals surface area (Å²) in [5.74, 6) is 0.972. The van der Waals surface area contributed by atoms with Crippen molar-refractivity contribution in [2.45, 2.75) is 56.1 Å². The number of carbonyl (C=O) groups excluding carboxylic acids is 1. The van der Waals surface area contributed by atoms with E-state index < -0.39 is 46.5 Å². The quantitative estimate of drug-likeness (QED) is 0.265. The number of aliphatic hydroxyl groups excluding tert-OH is 1. The van der Waals surface area contributed by atoms with E-state index in [1.54, 1.807) is 36.4 Å². The molecule has 12 nitrogen and oxygen atoms in total. The minimum atomic E-state index is -4.09. The van der Waals surface area contributed by atoms with Gasteiger partial charge in [0.15, 0.2) is 17.8 Å². The molecule has 3 aliphatic rings. The van der Waals surface area contributed by atoms with Crippen LogP contribution in [0.4, 0.5) is 9.18 Å². The molecule has 0 radical (unpaired) electrons. The number of alkyl carbamates (subject to hydrolysis) is 1. The molecule has 1 amide bonds. The predicted molar refractivity (Wildman–Crippen MR) is 170 cm³/mol. The van der Waals surface area contributed by atoms with Gasteiger partial charge in [-0.1, -0.05) is 32.0 Å². The molecule has 258 valence electrons. The fraction of sp³-hybridized carbons (Fsp3) is 0.441.